The third kappa shape index (κ3) is 2.84. The molecule has 0 radical (unpaired) electrons. The summed E-state index contributed by atoms with van der Waals surface area (Å²) in [4.78, 5) is 0. The minimum atomic E-state index is 0.654. The third-order valence-corrected chi connectivity index (χ3v) is 4.29. The van der Waals surface area contributed by atoms with Gasteiger partial charge in [-0.25, -0.2) is 0 Å². The topological polar surface area (TPSA) is 28.2 Å². The zero-order valence-electron chi connectivity index (χ0n) is 13.6. The van der Waals surface area contributed by atoms with Crippen molar-refractivity contribution in [3.63, 3.8) is 0 Å². The van der Waals surface area contributed by atoms with Crippen LogP contribution < -0.4 is 0 Å². The minimum absolute atomic E-state index is 0.654. The summed E-state index contributed by atoms with van der Waals surface area (Å²) in [6.45, 7) is 0. The van der Waals surface area contributed by atoms with Crippen LogP contribution in [-0.4, -0.2) is 4.40 Å². The Kier molecular flexibility index (Phi) is 3.90. The SMILES string of the molecule is N#C/C(=C/c1c(-c2ccccc2)cc2ccccn12)c1ccccc1. The van der Waals surface area contributed by atoms with Gasteiger partial charge in [0.15, 0.2) is 0 Å². The lowest BCUT2D eigenvalue weighted by atomic mass is 10.0. The molecule has 2 nitrogen and oxygen atoms in total. The van der Waals surface area contributed by atoms with Crippen LogP contribution >= 0.6 is 0 Å². The molecule has 0 saturated carbocycles. The maximum Gasteiger partial charge on any atom is 0.0998 e. The fourth-order valence-electron chi connectivity index (χ4n) is 3.08. The number of aromatic nitrogens is 1. The molecule has 2 heteroatoms. The molecular formula is C23H16N2. The zero-order valence-corrected chi connectivity index (χ0v) is 13.6. The normalized spacial score (nSPS) is 11.4. The number of pyridine rings is 1. The fraction of sp³-hybridized carbons (Fsp3) is 0. The molecule has 2 heterocycles. The first-order chi connectivity index (χ1) is 12.4. The van der Waals surface area contributed by atoms with Gasteiger partial charge in [-0.15, -0.1) is 0 Å². The summed E-state index contributed by atoms with van der Waals surface area (Å²) in [6.07, 6.45) is 4.01. The van der Waals surface area contributed by atoms with Crippen molar-refractivity contribution in [3.05, 3.63) is 102 Å². The Hall–Kier alpha value is -3.57. The average Bonchev–Trinajstić information content (AvgIpc) is 3.06. The summed E-state index contributed by atoms with van der Waals surface area (Å²) in [6, 6.07) is 30.7. The summed E-state index contributed by atoms with van der Waals surface area (Å²) in [5, 5.41) is 9.68. The summed E-state index contributed by atoms with van der Waals surface area (Å²) in [5.74, 6) is 0. The number of nitriles is 1. The van der Waals surface area contributed by atoms with Crippen LogP contribution in [0.25, 0.3) is 28.3 Å². The molecule has 2 aromatic carbocycles. The van der Waals surface area contributed by atoms with Gasteiger partial charge in [0.25, 0.3) is 0 Å². The van der Waals surface area contributed by atoms with Crippen LogP contribution in [0.2, 0.25) is 0 Å². The Balaban J connectivity index is 1.97. The Morgan fingerprint density at radius 1 is 0.840 bits per heavy atom. The lowest BCUT2D eigenvalue weighted by Crippen LogP contribution is -1.89. The van der Waals surface area contributed by atoms with Crippen molar-refractivity contribution >= 4 is 17.2 Å². The molecule has 2 aromatic heterocycles. The van der Waals surface area contributed by atoms with Gasteiger partial charge in [0, 0.05) is 17.3 Å². The van der Waals surface area contributed by atoms with Gasteiger partial charge in [-0.2, -0.15) is 5.26 Å². The predicted octanol–water partition coefficient (Wildman–Crippen LogP) is 5.67. The van der Waals surface area contributed by atoms with E-state index in [1.807, 2.05) is 72.9 Å². The van der Waals surface area contributed by atoms with E-state index in [4.69, 9.17) is 0 Å². The molecule has 0 aliphatic carbocycles. The van der Waals surface area contributed by atoms with E-state index in [9.17, 15) is 5.26 Å². The van der Waals surface area contributed by atoms with Crippen molar-refractivity contribution in [1.29, 1.82) is 5.26 Å². The van der Waals surface area contributed by atoms with E-state index < -0.39 is 0 Å². The van der Waals surface area contributed by atoms with Gasteiger partial charge >= 0.3 is 0 Å². The van der Waals surface area contributed by atoms with E-state index >= 15 is 0 Å². The van der Waals surface area contributed by atoms with E-state index in [1.165, 1.54) is 0 Å². The van der Waals surface area contributed by atoms with Gasteiger partial charge in [-0.05, 0) is 35.4 Å². The second-order valence-electron chi connectivity index (χ2n) is 5.84. The molecule has 0 atom stereocenters. The van der Waals surface area contributed by atoms with Crippen LogP contribution in [0.4, 0.5) is 0 Å². The van der Waals surface area contributed by atoms with Crippen LogP contribution in [0.3, 0.4) is 0 Å². The lowest BCUT2D eigenvalue weighted by Gasteiger charge is -2.05. The maximum absolute atomic E-state index is 9.68. The Labute approximate surface area is 146 Å². The van der Waals surface area contributed by atoms with Crippen LogP contribution in [0, 0.1) is 11.3 Å². The highest BCUT2D eigenvalue weighted by Crippen LogP contribution is 2.30. The van der Waals surface area contributed by atoms with Crippen molar-refractivity contribution in [2.75, 3.05) is 0 Å². The van der Waals surface area contributed by atoms with Crippen LogP contribution in [-0.2, 0) is 0 Å². The smallest absolute Gasteiger partial charge is 0.0998 e. The van der Waals surface area contributed by atoms with E-state index in [1.54, 1.807) is 0 Å². The van der Waals surface area contributed by atoms with Gasteiger partial charge in [0.1, 0.15) is 0 Å². The van der Waals surface area contributed by atoms with Gasteiger partial charge in [-0.3, -0.25) is 0 Å². The first-order valence-corrected chi connectivity index (χ1v) is 8.19. The Morgan fingerprint density at radius 2 is 1.52 bits per heavy atom. The van der Waals surface area contributed by atoms with E-state index in [0.717, 1.165) is 27.9 Å². The largest absolute Gasteiger partial charge is 0.316 e. The number of rotatable bonds is 3. The number of hydrogen-bond acceptors (Lipinski definition) is 1. The van der Waals surface area contributed by atoms with E-state index in [2.05, 4.69) is 34.7 Å². The molecule has 0 aliphatic rings. The quantitative estimate of drug-likeness (QED) is 0.447. The first kappa shape index (κ1) is 15.0. The highest BCUT2D eigenvalue weighted by Gasteiger charge is 2.11. The second kappa shape index (κ2) is 6.51. The van der Waals surface area contributed by atoms with Crippen LogP contribution in [0.5, 0.6) is 0 Å². The highest BCUT2D eigenvalue weighted by atomic mass is 14.9. The van der Waals surface area contributed by atoms with Gasteiger partial charge in [0.2, 0.25) is 0 Å². The molecule has 4 aromatic rings. The van der Waals surface area contributed by atoms with Crippen LogP contribution in [0.15, 0.2) is 91.1 Å². The molecule has 0 saturated heterocycles. The molecule has 0 unspecified atom stereocenters. The predicted molar refractivity (Wildman–Crippen MR) is 103 cm³/mol. The molecule has 0 spiro atoms. The molecule has 4 rings (SSSR count). The maximum atomic E-state index is 9.68. The number of fused-ring (bicyclic) bond motifs is 1. The molecule has 0 aliphatic heterocycles. The summed E-state index contributed by atoms with van der Waals surface area (Å²) < 4.78 is 2.13. The van der Waals surface area contributed by atoms with Gasteiger partial charge < -0.3 is 4.40 Å². The average molecular weight is 320 g/mol. The minimum Gasteiger partial charge on any atom is -0.316 e. The summed E-state index contributed by atoms with van der Waals surface area (Å²) in [5.41, 5.74) is 5.97. The molecule has 0 fully saturated rings. The standard InChI is InChI=1S/C23H16N2/c24-17-20(18-9-3-1-4-10-18)15-23-22(19-11-5-2-6-12-19)16-21-13-7-8-14-25(21)23/h1-16H/b20-15-. The van der Waals surface area contributed by atoms with E-state index in [0.29, 0.717) is 5.57 Å². The number of allylic oxidation sites excluding steroid dienone is 1. The number of nitrogens with zero attached hydrogens (tertiary/aromatic N) is 2. The van der Waals surface area contributed by atoms with Gasteiger partial charge in [0.05, 0.1) is 17.3 Å². The molecule has 118 valence electrons. The van der Waals surface area contributed by atoms with Crippen LogP contribution in [0.1, 0.15) is 11.3 Å². The zero-order chi connectivity index (χ0) is 17.1. The number of hydrogen-bond donors (Lipinski definition) is 0. The Bertz CT molecular complexity index is 1080. The van der Waals surface area contributed by atoms with Crippen molar-refractivity contribution in [1.82, 2.24) is 4.40 Å². The van der Waals surface area contributed by atoms with Crippen molar-refractivity contribution in [2.24, 2.45) is 0 Å². The molecule has 25 heavy (non-hydrogen) atoms. The first-order valence-electron chi connectivity index (χ1n) is 8.19. The molecule has 0 N–H and O–H groups in total. The molecule has 0 amide bonds. The van der Waals surface area contributed by atoms with E-state index in [-0.39, 0.29) is 0 Å². The molecule has 0 bridgehead atoms. The highest BCUT2D eigenvalue weighted by molar-refractivity contribution is 5.93. The number of benzene rings is 2. The fourth-order valence-corrected chi connectivity index (χ4v) is 3.08. The third-order valence-electron chi connectivity index (χ3n) is 4.29. The Morgan fingerprint density at radius 3 is 2.24 bits per heavy atom. The molecular weight excluding hydrogens is 304 g/mol. The van der Waals surface area contributed by atoms with Crippen molar-refractivity contribution in [2.45, 2.75) is 0 Å². The second-order valence-corrected chi connectivity index (χ2v) is 5.84. The lowest BCUT2D eigenvalue weighted by molar-refractivity contribution is 1.18. The van der Waals surface area contributed by atoms with Crippen molar-refractivity contribution < 1.29 is 0 Å². The monoisotopic (exact) mass is 320 g/mol. The van der Waals surface area contributed by atoms with Crippen molar-refractivity contribution in [3.8, 4) is 17.2 Å². The van der Waals surface area contributed by atoms with Gasteiger partial charge in [-0.1, -0.05) is 66.7 Å². The summed E-state index contributed by atoms with van der Waals surface area (Å²) >= 11 is 0. The summed E-state index contributed by atoms with van der Waals surface area (Å²) in [7, 11) is 0.